The van der Waals surface area contributed by atoms with Gasteiger partial charge in [0.2, 0.25) is 0 Å². The number of benzene rings is 2. The average molecular weight is 327 g/mol. The maximum Gasteiger partial charge on any atom is 0.338 e. The number of alkyl halides is 2. The number of carbonyl (C=O) groups excluding carboxylic acids is 1. The number of aryl methyl sites for hydroxylation is 1. The number of halogens is 3. The Balaban J connectivity index is 2.84. The van der Waals surface area contributed by atoms with Gasteiger partial charge in [-0.25, -0.2) is 18.0 Å². The van der Waals surface area contributed by atoms with Crippen molar-refractivity contribution in [1.29, 1.82) is 0 Å². The summed E-state index contributed by atoms with van der Waals surface area (Å²) in [5.74, 6) is -2.10. The van der Waals surface area contributed by atoms with Crippen LogP contribution in [-0.2, 0) is 4.74 Å². The Bertz CT molecular complexity index is 836. The molecule has 0 atom stereocenters. The molecule has 0 saturated carbocycles. The molecular weight excluding hydrogens is 309 g/mol. The Labute approximate surface area is 135 Å². The molecule has 3 nitrogen and oxygen atoms in total. The van der Waals surface area contributed by atoms with Crippen LogP contribution in [0.5, 0.6) is 5.75 Å². The second-order valence-corrected chi connectivity index (χ2v) is 4.63. The van der Waals surface area contributed by atoms with E-state index in [1.165, 1.54) is 19.2 Å². The molecule has 0 N–H and O–H groups in total. The number of methoxy groups -OCH3 is 2. The zero-order valence-electron chi connectivity index (χ0n) is 15.3. The molecular formula is C17H15F3O3. The minimum Gasteiger partial charge on any atom is -0.496 e. The summed E-state index contributed by atoms with van der Waals surface area (Å²) >= 11 is 0. The molecule has 6 heteroatoms. The molecule has 0 aromatic heterocycles. The Morgan fingerprint density at radius 2 is 1.91 bits per heavy atom. The average Bonchev–Trinajstić information content (AvgIpc) is 2.59. The SMILES string of the molecule is [2H]C([2H])([2H])c1ccc(C(=O)OC)c(-c2cc(C(F)F)c(F)cc2OC)c1. The number of esters is 1. The van der Waals surface area contributed by atoms with Crippen LogP contribution < -0.4 is 4.74 Å². The molecule has 0 bridgehead atoms. The Morgan fingerprint density at radius 3 is 2.48 bits per heavy atom. The summed E-state index contributed by atoms with van der Waals surface area (Å²) < 4.78 is 72.2. The van der Waals surface area contributed by atoms with Gasteiger partial charge in [-0.15, -0.1) is 0 Å². The topological polar surface area (TPSA) is 35.5 Å². The summed E-state index contributed by atoms with van der Waals surface area (Å²) in [5, 5.41) is 0. The molecule has 2 rings (SSSR count). The van der Waals surface area contributed by atoms with Gasteiger partial charge < -0.3 is 9.47 Å². The summed E-state index contributed by atoms with van der Waals surface area (Å²) in [7, 11) is 2.32. The molecule has 0 aliphatic heterocycles. The molecule has 0 radical (unpaired) electrons. The highest BCUT2D eigenvalue weighted by Crippen LogP contribution is 2.37. The Kier molecular flexibility index (Phi) is 3.80. The van der Waals surface area contributed by atoms with Gasteiger partial charge in [0.1, 0.15) is 11.6 Å². The van der Waals surface area contributed by atoms with Crippen LogP contribution >= 0.6 is 0 Å². The van der Waals surface area contributed by atoms with E-state index in [0.29, 0.717) is 0 Å². The van der Waals surface area contributed by atoms with Gasteiger partial charge in [-0.1, -0.05) is 17.7 Å². The standard InChI is InChI=1S/C17H15F3O3/c1-9-4-5-10(17(21)23-3)11(6-9)12-7-13(16(19)20)14(18)8-15(12)22-2/h4-8,16H,1-3H3/i1D3. The van der Waals surface area contributed by atoms with Crippen molar-refractivity contribution in [1.82, 2.24) is 0 Å². The molecule has 0 aliphatic carbocycles. The molecule has 122 valence electrons. The highest BCUT2D eigenvalue weighted by atomic mass is 19.3. The van der Waals surface area contributed by atoms with Crippen LogP contribution in [0, 0.1) is 12.7 Å². The van der Waals surface area contributed by atoms with E-state index < -0.39 is 30.6 Å². The van der Waals surface area contributed by atoms with Crippen LogP contribution in [0.4, 0.5) is 13.2 Å². The number of carbonyl (C=O) groups is 1. The van der Waals surface area contributed by atoms with E-state index in [0.717, 1.165) is 25.3 Å². The van der Waals surface area contributed by atoms with E-state index in [4.69, 9.17) is 8.85 Å². The number of rotatable bonds is 4. The van der Waals surface area contributed by atoms with Gasteiger partial charge in [0.25, 0.3) is 6.43 Å². The lowest BCUT2D eigenvalue weighted by atomic mass is 9.95. The predicted molar refractivity (Wildman–Crippen MR) is 79.4 cm³/mol. The molecule has 0 spiro atoms. The summed E-state index contributed by atoms with van der Waals surface area (Å²) in [4.78, 5) is 12.0. The first-order chi connectivity index (χ1) is 12.1. The van der Waals surface area contributed by atoms with E-state index in [-0.39, 0.29) is 28.0 Å². The summed E-state index contributed by atoms with van der Waals surface area (Å²) in [6, 6.07) is 5.19. The fourth-order valence-electron chi connectivity index (χ4n) is 2.17. The van der Waals surface area contributed by atoms with Gasteiger partial charge >= 0.3 is 5.97 Å². The zero-order valence-corrected chi connectivity index (χ0v) is 12.3. The van der Waals surface area contributed by atoms with E-state index in [2.05, 4.69) is 4.74 Å². The molecule has 0 aliphatic rings. The molecule has 0 fully saturated rings. The third-order valence-electron chi connectivity index (χ3n) is 3.27. The second kappa shape index (κ2) is 6.73. The fraction of sp³-hybridized carbons (Fsp3) is 0.235. The minimum absolute atomic E-state index is 0.00998. The smallest absolute Gasteiger partial charge is 0.338 e. The van der Waals surface area contributed by atoms with E-state index in [1.807, 2.05) is 0 Å². The van der Waals surface area contributed by atoms with Crippen molar-refractivity contribution < 1.29 is 31.6 Å². The lowest BCUT2D eigenvalue weighted by Crippen LogP contribution is -2.05. The molecule has 2 aromatic rings. The summed E-state index contributed by atoms with van der Waals surface area (Å²) in [6.07, 6.45) is -3.10. The summed E-state index contributed by atoms with van der Waals surface area (Å²) in [6.45, 7) is -2.50. The van der Waals surface area contributed by atoms with Crippen molar-refractivity contribution in [3.05, 3.63) is 52.8 Å². The predicted octanol–water partition coefficient (Wildman–Crippen LogP) is 4.53. The molecule has 2 aromatic carbocycles. The largest absolute Gasteiger partial charge is 0.496 e. The number of hydrogen-bond donors (Lipinski definition) is 0. The zero-order chi connectivity index (χ0) is 19.6. The lowest BCUT2D eigenvalue weighted by molar-refractivity contribution is 0.0601. The highest BCUT2D eigenvalue weighted by Gasteiger charge is 2.22. The van der Waals surface area contributed by atoms with Gasteiger partial charge in [-0.05, 0) is 19.0 Å². The quantitative estimate of drug-likeness (QED) is 0.774. The monoisotopic (exact) mass is 327 g/mol. The van der Waals surface area contributed by atoms with Gasteiger partial charge in [0.05, 0.1) is 25.3 Å². The van der Waals surface area contributed by atoms with Crippen molar-refractivity contribution in [2.24, 2.45) is 0 Å². The number of hydrogen-bond acceptors (Lipinski definition) is 3. The van der Waals surface area contributed by atoms with E-state index in [9.17, 15) is 18.0 Å². The van der Waals surface area contributed by atoms with Crippen molar-refractivity contribution >= 4 is 5.97 Å². The van der Waals surface area contributed by atoms with Crippen LogP contribution in [0.2, 0.25) is 0 Å². The maximum atomic E-state index is 13.8. The van der Waals surface area contributed by atoms with Crippen LogP contribution in [0.3, 0.4) is 0 Å². The van der Waals surface area contributed by atoms with Gasteiger partial charge in [-0.2, -0.15) is 0 Å². The van der Waals surface area contributed by atoms with Crippen LogP contribution in [0.15, 0.2) is 30.3 Å². The highest BCUT2D eigenvalue weighted by molar-refractivity contribution is 5.98. The first-order valence-electron chi connectivity index (χ1n) is 7.99. The second-order valence-electron chi connectivity index (χ2n) is 4.63. The third kappa shape index (κ3) is 3.31. The van der Waals surface area contributed by atoms with Gasteiger partial charge in [0.15, 0.2) is 0 Å². The minimum atomic E-state index is -3.10. The first-order valence-corrected chi connectivity index (χ1v) is 6.49. The Morgan fingerprint density at radius 1 is 1.17 bits per heavy atom. The van der Waals surface area contributed by atoms with Crippen LogP contribution in [0.25, 0.3) is 11.1 Å². The van der Waals surface area contributed by atoms with Crippen molar-refractivity contribution in [2.75, 3.05) is 14.2 Å². The van der Waals surface area contributed by atoms with Gasteiger partial charge in [-0.3, -0.25) is 0 Å². The van der Waals surface area contributed by atoms with Crippen molar-refractivity contribution in [2.45, 2.75) is 13.3 Å². The molecule has 23 heavy (non-hydrogen) atoms. The molecule has 0 unspecified atom stereocenters. The van der Waals surface area contributed by atoms with Crippen LogP contribution in [-0.4, -0.2) is 20.2 Å². The Hall–Kier alpha value is -2.50. The maximum absolute atomic E-state index is 13.8. The molecule has 0 amide bonds. The fourth-order valence-corrected chi connectivity index (χ4v) is 2.17. The molecule has 0 heterocycles. The van der Waals surface area contributed by atoms with Crippen molar-refractivity contribution in [3.8, 4) is 16.9 Å². The first kappa shape index (κ1) is 13.0. The normalized spacial score (nSPS) is 13.2. The van der Waals surface area contributed by atoms with Crippen molar-refractivity contribution in [3.63, 3.8) is 0 Å². The van der Waals surface area contributed by atoms with Crippen LogP contribution in [0.1, 0.15) is 32.0 Å². The van der Waals surface area contributed by atoms with E-state index >= 15 is 0 Å². The third-order valence-corrected chi connectivity index (χ3v) is 3.27. The number of ether oxygens (including phenoxy) is 2. The van der Waals surface area contributed by atoms with Gasteiger partial charge in [0, 0.05) is 21.3 Å². The lowest BCUT2D eigenvalue weighted by Gasteiger charge is -2.15. The summed E-state index contributed by atoms with van der Waals surface area (Å²) in [5.41, 5.74) is -1.13. The van der Waals surface area contributed by atoms with E-state index in [1.54, 1.807) is 0 Å². The molecule has 0 saturated heterocycles.